The average molecular weight is 223 g/mol. The second-order valence-corrected chi connectivity index (χ2v) is 4.51. The number of pyridine rings is 1. The Hall–Kier alpha value is -1.78. The number of oxime groups is 1. The molecule has 0 aliphatic rings. The van der Waals surface area contributed by atoms with Crippen LogP contribution in [0, 0.1) is 6.92 Å². The Morgan fingerprint density at radius 1 is 1.44 bits per heavy atom. The summed E-state index contributed by atoms with van der Waals surface area (Å²) in [5.41, 5.74) is 6.46. The van der Waals surface area contributed by atoms with Crippen molar-refractivity contribution in [3.05, 3.63) is 23.4 Å². The van der Waals surface area contributed by atoms with Crippen LogP contribution in [0.15, 0.2) is 17.3 Å². The van der Waals surface area contributed by atoms with E-state index in [0.29, 0.717) is 11.4 Å². The maximum absolute atomic E-state index is 8.66. The van der Waals surface area contributed by atoms with E-state index in [4.69, 9.17) is 15.7 Å². The molecule has 88 valence electrons. The molecule has 0 aliphatic carbocycles. The molecule has 5 nitrogen and oxygen atoms in total. The molecule has 0 aliphatic heterocycles. The molecule has 0 fully saturated rings. The van der Waals surface area contributed by atoms with E-state index in [-0.39, 0.29) is 11.4 Å². The van der Waals surface area contributed by atoms with Crippen LogP contribution < -0.4 is 10.5 Å². The highest BCUT2D eigenvalue weighted by atomic mass is 16.5. The summed E-state index contributed by atoms with van der Waals surface area (Å²) in [6.45, 7) is 7.58. The fourth-order valence-electron chi connectivity index (χ4n) is 1.15. The van der Waals surface area contributed by atoms with Crippen LogP contribution in [-0.4, -0.2) is 21.6 Å². The van der Waals surface area contributed by atoms with Crippen LogP contribution in [0.2, 0.25) is 0 Å². The van der Waals surface area contributed by atoms with Crippen LogP contribution in [0.25, 0.3) is 0 Å². The van der Waals surface area contributed by atoms with Crippen LogP contribution in [0.3, 0.4) is 0 Å². The minimum Gasteiger partial charge on any atom is -0.471 e. The van der Waals surface area contributed by atoms with Crippen LogP contribution >= 0.6 is 0 Å². The minimum atomic E-state index is -0.384. The third-order valence-electron chi connectivity index (χ3n) is 1.79. The number of nitrogens with zero attached hydrogens (tertiary/aromatic N) is 2. The van der Waals surface area contributed by atoms with Gasteiger partial charge in [0, 0.05) is 5.69 Å². The largest absolute Gasteiger partial charge is 0.471 e. The second kappa shape index (κ2) is 4.38. The molecule has 1 heterocycles. The van der Waals surface area contributed by atoms with Gasteiger partial charge < -0.3 is 15.7 Å². The lowest BCUT2D eigenvalue weighted by atomic mass is 10.2. The first kappa shape index (κ1) is 12.3. The zero-order chi connectivity index (χ0) is 12.3. The smallest absolute Gasteiger partial charge is 0.225 e. The average Bonchev–Trinajstić information content (AvgIpc) is 2.14. The SMILES string of the molecule is Cc1ccc(C(N)=NO)c(OC(C)(C)C)n1. The first-order chi connectivity index (χ1) is 7.33. The number of hydrogen-bond acceptors (Lipinski definition) is 4. The summed E-state index contributed by atoms with van der Waals surface area (Å²) >= 11 is 0. The summed E-state index contributed by atoms with van der Waals surface area (Å²) in [6.07, 6.45) is 0. The van der Waals surface area contributed by atoms with Crippen LogP contribution in [-0.2, 0) is 0 Å². The van der Waals surface area contributed by atoms with Gasteiger partial charge in [0.2, 0.25) is 5.88 Å². The van der Waals surface area contributed by atoms with Crippen molar-refractivity contribution in [1.29, 1.82) is 0 Å². The van der Waals surface area contributed by atoms with Gasteiger partial charge in [-0.15, -0.1) is 0 Å². The molecule has 0 spiro atoms. The summed E-state index contributed by atoms with van der Waals surface area (Å²) in [6, 6.07) is 3.50. The standard InChI is InChI=1S/C11H17N3O2/c1-7-5-6-8(9(12)14-15)10(13-7)16-11(2,3)4/h5-6,15H,1-4H3,(H2,12,14). The first-order valence-corrected chi connectivity index (χ1v) is 4.98. The molecule has 0 aromatic carbocycles. The van der Waals surface area contributed by atoms with Crippen molar-refractivity contribution in [2.75, 3.05) is 0 Å². The van der Waals surface area contributed by atoms with E-state index >= 15 is 0 Å². The number of rotatable bonds is 2. The first-order valence-electron chi connectivity index (χ1n) is 4.98. The molecule has 1 aromatic heterocycles. The van der Waals surface area contributed by atoms with Gasteiger partial charge in [-0.2, -0.15) is 0 Å². The molecule has 0 unspecified atom stereocenters. The summed E-state index contributed by atoms with van der Waals surface area (Å²) in [5.74, 6) is 0.370. The predicted octanol–water partition coefficient (Wildman–Crippen LogP) is 1.66. The molecule has 1 rings (SSSR count). The highest BCUT2D eigenvalue weighted by Crippen LogP contribution is 2.21. The topological polar surface area (TPSA) is 80.7 Å². The van der Waals surface area contributed by atoms with Gasteiger partial charge in [0.1, 0.15) is 5.60 Å². The predicted molar refractivity (Wildman–Crippen MR) is 61.9 cm³/mol. The van der Waals surface area contributed by atoms with Crippen molar-refractivity contribution in [3.63, 3.8) is 0 Å². The van der Waals surface area contributed by atoms with Crippen LogP contribution in [0.1, 0.15) is 32.0 Å². The van der Waals surface area contributed by atoms with E-state index in [1.54, 1.807) is 12.1 Å². The summed E-state index contributed by atoms with van der Waals surface area (Å²) in [4.78, 5) is 4.23. The Morgan fingerprint density at radius 2 is 2.06 bits per heavy atom. The zero-order valence-corrected chi connectivity index (χ0v) is 9.98. The van der Waals surface area contributed by atoms with E-state index in [1.807, 2.05) is 27.7 Å². The van der Waals surface area contributed by atoms with Crippen LogP contribution in [0.4, 0.5) is 0 Å². The Kier molecular flexibility index (Phi) is 3.37. The Balaban J connectivity index is 3.19. The molecule has 3 N–H and O–H groups in total. The maximum atomic E-state index is 8.66. The van der Waals surface area contributed by atoms with Crippen molar-refractivity contribution < 1.29 is 9.94 Å². The molecule has 0 radical (unpaired) electrons. The van der Waals surface area contributed by atoms with E-state index in [2.05, 4.69) is 10.1 Å². The van der Waals surface area contributed by atoms with Gasteiger partial charge in [-0.05, 0) is 39.8 Å². The van der Waals surface area contributed by atoms with Gasteiger partial charge >= 0.3 is 0 Å². The van der Waals surface area contributed by atoms with Gasteiger partial charge in [-0.3, -0.25) is 0 Å². The van der Waals surface area contributed by atoms with Gasteiger partial charge in [-0.1, -0.05) is 5.16 Å². The number of hydrogen-bond donors (Lipinski definition) is 2. The second-order valence-electron chi connectivity index (χ2n) is 4.51. The molecule has 1 aromatic rings. The molecule has 0 atom stereocenters. The zero-order valence-electron chi connectivity index (χ0n) is 9.98. The molecule has 0 saturated heterocycles. The number of amidine groups is 1. The molecular weight excluding hydrogens is 206 g/mol. The highest BCUT2D eigenvalue weighted by Gasteiger charge is 2.17. The normalized spacial score (nSPS) is 12.6. The third kappa shape index (κ3) is 3.12. The number of nitrogens with two attached hydrogens (primary N) is 1. The highest BCUT2D eigenvalue weighted by molar-refractivity contribution is 5.99. The third-order valence-corrected chi connectivity index (χ3v) is 1.79. The van der Waals surface area contributed by atoms with Crippen molar-refractivity contribution >= 4 is 5.84 Å². The number of aryl methyl sites for hydroxylation is 1. The van der Waals surface area contributed by atoms with Crippen molar-refractivity contribution in [1.82, 2.24) is 4.98 Å². The number of ether oxygens (including phenoxy) is 1. The van der Waals surface area contributed by atoms with E-state index < -0.39 is 0 Å². The fraction of sp³-hybridized carbons (Fsp3) is 0.455. The Morgan fingerprint density at radius 3 is 2.56 bits per heavy atom. The van der Waals surface area contributed by atoms with Gasteiger partial charge in [0.05, 0.1) is 5.56 Å². The van der Waals surface area contributed by atoms with E-state index in [0.717, 1.165) is 5.69 Å². The monoisotopic (exact) mass is 223 g/mol. The maximum Gasteiger partial charge on any atom is 0.225 e. The molecular formula is C11H17N3O2. The van der Waals surface area contributed by atoms with Gasteiger partial charge in [-0.25, -0.2) is 4.98 Å². The number of aromatic nitrogens is 1. The molecule has 16 heavy (non-hydrogen) atoms. The lowest BCUT2D eigenvalue weighted by Gasteiger charge is -2.22. The molecule has 0 bridgehead atoms. The summed E-state index contributed by atoms with van der Waals surface area (Å²) in [7, 11) is 0. The fourth-order valence-corrected chi connectivity index (χ4v) is 1.15. The van der Waals surface area contributed by atoms with E-state index in [1.165, 1.54) is 0 Å². The van der Waals surface area contributed by atoms with Crippen molar-refractivity contribution in [2.45, 2.75) is 33.3 Å². The Bertz CT molecular complexity index is 408. The molecule has 0 amide bonds. The van der Waals surface area contributed by atoms with Gasteiger partial charge in [0.15, 0.2) is 5.84 Å². The Labute approximate surface area is 94.9 Å². The summed E-state index contributed by atoms with van der Waals surface area (Å²) < 4.78 is 5.65. The minimum absolute atomic E-state index is 0.00764. The van der Waals surface area contributed by atoms with Gasteiger partial charge in [0.25, 0.3) is 0 Å². The molecule has 5 heteroatoms. The van der Waals surface area contributed by atoms with Crippen molar-refractivity contribution in [3.8, 4) is 5.88 Å². The van der Waals surface area contributed by atoms with Crippen molar-refractivity contribution in [2.24, 2.45) is 10.9 Å². The molecule has 0 saturated carbocycles. The quantitative estimate of drug-likeness (QED) is 0.346. The van der Waals surface area contributed by atoms with Crippen LogP contribution in [0.5, 0.6) is 5.88 Å². The lowest BCUT2D eigenvalue weighted by molar-refractivity contribution is 0.123. The van der Waals surface area contributed by atoms with E-state index in [9.17, 15) is 0 Å². The lowest BCUT2D eigenvalue weighted by Crippen LogP contribution is -2.26. The summed E-state index contributed by atoms with van der Waals surface area (Å²) in [5, 5.41) is 11.6.